The zero-order chi connectivity index (χ0) is 38.7. The molecule has 1 spiro atoms. The molecule has 1 aliphatic carbocycles. The largest absolute Gasteiger partial charge is 0.507 e. The lowest BCUT2D eigenvalue weighted by Gasteiger charge is -2.46. The molecule has 56 heavy (non-hydrogen) atoms. The number of anilines is 2. The number of carbonyl (C=O) groups is 1. The molecule has 2 saturated heterocycles. The molecule has 9 heterocycles. The standard InChI is InChI=1S/C43H42N6O7/c1-21-12-30(50)37-31(53-21)17-32-38(39(37)51)36-23-5-7-26(8-6-23)43(41(52)54-40(36)42(2,3)55-32)33(56-43)9-4-22-13-28(48-34(44)14-22)25-15-27(47-35(45)16-25)19-49-18-24-10-11-46-29(24)20-49/h5,7,10-18,23,26,33,36,40,51H,4,6,8-9,19-20H2,1-3H3,(H2,44,48)(H2,45,47)/t23-,26-,33-,36+,40-,43+/m1/s1. The van der Waals surface area contributed by atoms with E-state index in [1.54, 1.807) is 19.1 Å². The Bertz CT molecular complexity index is 2560. The van der Waals surface area contributed by atoms with Crippen LogP contribution in [-0.2, 0) is 27.2 Å². The number of epoxide rings is 1. The third-order valence-corrected chi connectivity index (χ3v) is 12.2. The number of hydrogen-bond acceptors (Lipinski definition) is 13. The molecule has 5 N–H and O–H groups in total. The summed E-state index contributed by atoms with van der Waals surface area (Å²) in [6.45, 7) is 6.74. The molecular formula is C43H42N6O7. The average molecular weight is 755 g/mol. The maximum absolute atomic E-state index is 14.5. The van der Waals surface area contributed by atoms with Gasteiger partial charge in [0.25, 0.3) is 0 Å². The number of nitrogens with zero attached hydrogens (tertiary/aromatic N) is 4. The SMILES string of the molecule is Cc1cc(=O)c2c(O)c3c(cc2o1)OC(C)(C)[C@@H]1OC(=O)[C@]2(O[C@@H]2CCc2cc(N)nc(-c4cc(N)nc(CN5C=C6C=CN=C6C5)c4)c2)[C@@H]2C=C[C@H](CC2)[C@@H]31. The van der Waals surface area contributed by atoms with Crippen molar-refractivity contribution in [2.45, 2.75) is 82.3 Å². The van der Waals surface area contributed by atoms with Gasteiger partial charge in [-0.1, -0.05) is 12.2 Å². The first-order valence-corrected chi connectivity index (χ1v) is 19.2. The molecule has 13 nitrogen and oxygen atoms in total. The van der Waals surface area contributed by atoms with E-state index >= 15 is 0 Å². The Morgan fingerprint density at radius 2 is 1.86 bits per heavy atom. The molecule has 0 saturated carbocycles. The van der Waals surface area contributed by atoms with Crippen LogP contribution in [-0.4, -0.2) is 61.6 Å². The summed E-state index contributed by atoms with van der Waals surface area (Å²) in [5.41, 5.74) is 16.3. The van der Waals surface area contributed by atoms with Crippen molar-refractivity contribution in [2.75, 3.05) is 18.0 Å². The Morgan fingerprint density at radius 3 is 2.66 bits per heavy atom. The van der Waals surface area contributed by atoms with Crippen LogP contribution in [0.25, 0.3) is 22.2 Å². The van der Waals surface area contributed by atoms with Crippen molar-refractivity contribution in [1.29, 1.82) is 0 Å². The molecule has 6 aliphatic heterocycles. The Kier molecular flexibility index (Phi) is 7.57. The minimum absolute atomic E-state index is 0.0845. The average Bonchev–Trinajstić information content (AvgIpc) is 3.48. The molecule has 0 amide bonds. The van der Waals surface area contributed by atoms with E-state index in [2.05, 4.69) is 38.2 Å². The van der Waals surface area contributed by atoms with Crippen molar-refractivity contribution in [2.24, 2.45) is 16.8 Å². The van der Waals surface area contributed by atoms with Gasteiger partial charge in [-0.15, -0.1) is 0 Å². The summed E-state index contributed by atoms with van der Waals surface area (Å²) in [7, 11) is 0. The number of nitrogens with two attached hydrogens (primary N) is 2. The number of allylic oxidation sites excluding steroid dienone is 2. The van der Waals surface area contributed by atoms with Gasteiger partial charge in [0.15, 0.2) is 11.0 Å². The van der Waals surface area contributed by atoms with Gasteiger partial charge < -0.3 is 40.1 Å². The molecule has 0 unspecified atom stereocenters. The van der Waals surface area contributed by atoms with Crippen LogP contribution in [0.5, 0.6) is 11.5 Å². The third-order valence-electron chi connectivity index (χ3n) is 12.2. The van der Waals surface area contributed by atoms with E-state index in [9.17, 15) is 14.7 Å². The summed E-state index contributed by atoms with van der Waals surface area (Å²) in [5, 5.41) is 11.8. The maximum Gasteiger partial charge on any atom is 0.342 e. The molecule has 4 aromatic rings. The lowest BCUT2D eigenvalue weighted by Crippen LogP contribution is -2.53. The lowest BCUT2D eigenvalue weighted by molar-refractivity contribution is -0.172. The number of aromatic hydroxyl groups is 1. The first-order chi connectivity index (χ1) is 26.9. The van der Waals surface area contributed by atoms with E-state index in [1.165, 1.54) is 6.07 Å². The van der Waals surface area contributed by atoms with Gasteiger partial charge in [0.05, 0.1) is 36.3 Å². The van der Waals surface area contributed by atoms with E-state index in [4.69, 9.17) is 30.1 Å². The second-order valence-electron chi connectivity index (χ2n) is 16.4. The van der Waals surface area contributed by atoms with Gasteiger partial charge in [0.2, 0.25) is 0 Å². The normalized spacial score (nSPS) is 27.8. The van der Waals surface area contributed by atoms with Crippen LogP contribution in [0.1, 0.15) is 61.6 Å². The number of aromatic nitrogens is 2. The summed E-state index contributed by atoms with van der Waals surface area (Å²) >= 11 is 0. The van der Waals surface area contributed by atoms with Crippen molar-refractivity contribution < 1.29 is 28.5 Å². The van der Waals surface area contributed by atoms with E-state index in [0.29, 0.717) is 66.8 Å². The number of aliphatic imine (C=N–C) groups is 1. The summed E-state index contributed by atoms with van der Waals surface area (Å²) in [6.07, 6.45) is 11.5. The number of nitrogen functional groups attached to an aromatic ring is 2. The molecule has 286 valence electrons. The highest BCUT2D eigenvalue weighted by atomic mass is 16.7. The third kappa shape index (κ3) is 5.50. The minimum atomic E-state index is -1.16. The molecular weight excluding hydrogens is 713 g/mol. The molecule has 13 heteroatoms. The fourth-order valence-corrected chi connectivity index (χ4v) is 9.65. The molecule has 2 fully saturated rings. The molecule has 6 atom stereocenters. The summed E-state index contributed by atoms with van der Waals surface area (Å²) < 4.78 is 25.2. The number of aryl methyl sites for hydroxylation is 2. The molecule has 3 aromatic heterocycles. The van der Waals surface area contributed by atoms with Gasteiger partial charge in [0, 0.05) is 53.1 Å². The highest BCUT2D eigenvalue weighted by Crippen LogP contribution is 2.58. The Balaban J connectivity index is 0.903. The van der Waals surface area contributed by atoms with Crippen LogP contribution >= 0.6 is 0 Å². The van der Waals surface area contributed by atoms with E-state index in [1.807, 2.05) is 44.3 Å². The number of phenols is 1. The van der Waals surface area contributed by atoms with Crippen molar-refractivity contribution in [3.63, 3.8) is 0 Å². The number of phenolic OH excluding ortho intramolecular Hbond substituents is 1. The zero-order valence-corrected chi connectivity index (χ0v) is 31.3. The van der Waals surface area contributed by atoms with Gasteiger partial charge in [0.1, 0.15) is 51.6 Å². The minimum Gasteiger partial charge on any atom is -0.507 e. The van der Waals surface area contributed by atoms with Gasteiger partial charge in [-0.05, 0) is 88.3 Å². The number of carbonyl (C=O) groups excluding carboxylic acids is 1. The Labute approximate surface area is 322 Å². The first-order valence-electron chi connectivity index (χ1n) is 19.2. The monoisotopic (exact) mass is 754 g/mol. The van der Waals surface area contributed by atoms with Gasteiger partial charge in [-0.25, -0.2) is 14.8 Å². The summed E-state index contributed by atoms with van der Waals surface area (Å²) in [4.78, 5) is 43.4. The van der Waals surface area contributed by atoms with Crippen LogP contribution in [0.4, 0.5) is 11.6 Å². The highest BCUT2D eigenvalue weighted by molar-refractivity contribution is 6.07. The Morgan fingerprint density at radius 1 is 1.02 bits per heavy atom. The van der Waals surface area contributed by atoms with Crippen LogP contribution in [0.2, 0.25) is 0 Å². The van der Waals surface area contributed by atoms with E-state index < -0.39 is 35.3 Å². The van der Waals surface area contributed by atoms with Crippen LogP contribution in [0.15, 0.2) is 86.8 Å². The van der Waals surface area contributed by atoms with Gasteiger partial charge in [-0.2, -0.15) is 0 Å². The van der Waals surface area contributed by atoms with E-state index in [0.717, 1.165) is 34.5 Å². The van der Waals surface area contributed by atoms with E-state index in [-0.39, 0.29) is 34.0 Å². The van der Waals surface area contributed by atoms with Crippen molar-refractivity contribution in [3.8, 4) is 22.8 Å². The van der Waals surface area contributed by atoms with Gasteiger partial charge >= 0.3 is 5.97 Å². The zero-order valence-electron chi connectivity index (χ0n) is 31.3. The number of esters is 1. The number of rotatable bonds is 6. The van der Waals surface area contributed by atoms with Crippen LogP contribution < -0.4 is 21.6 Å². The quantitative estimate of drug-likeness (QED) is 0.125. The molecule has 1 aromatic carbocycles. The van der Waals surface area contributed by atoms with Crippen LogP contribution in [0, 0.1) is 18.8 Å². The topological polar surface area (TPSA) is 192 Å². The van der Waals surface area contributed by atoms with Crippen molar-refractivity contribution in [1.82, 2.24) is 14.9 Å². The second kappa shape index (κ2) is 12.3. The summed E-state index contributed by atoms with van der Waals surface area (Å²) in [5.74, 6) is 0.233. The summed E-state index contributed by atoms with van der Waals surface area (Å²) in [6, 6.07) is 10.7. The fraction of sp³-hybridized carbons (Fsp3) is 0.372. The number of ether oxygens (including phenoxy) is 3. The fourth-order valence-electron chi connectivity index (χ4n) is 9.65. The predicted molar refractivity (Wildman–Crippen MR) is 209 cm³/mol. The molecule has 0 radical (unpaired) electrons. The number of pyridine rings is 2. The molecule has 2 bridgehead atoms. The maximum atomic E-state index is 14.5. The smallest absolute Gasteiger partial charge is 0.342 e. The second-order valence-corrected chi connectivity index (χ2v) is 16.4. The van der Waals surface area contributed by atoms with Crippen molar-refractivity contribution in [3.05, 3.63) is 105 Å². The molecule has 7 aliphatic rings. The molecule has 11 rings (SSSR count). The van der Waals surface area contributed by atoms with Gasteiger partial charge in [-0.3, -0.25) is 9.79 Å². The van der Waals surface area contributed by atoms with Crippen LogP contribution in [0.3, 0.4) is 0 Å². The highest BCUT2D eigenvalue weighted by Gasteiger charge is 2.69. The first kappa shape index (κ1) is 34.5. The Hall–Kier alpha value is -5.95. The number of benzene rings is 1. The lowest BCUT2D eigenvalue weighted by atomic mass is 9.69. The predicted octanol–water partition coefficient (Wildman–Crippen LogP) is 5.63. The number of hydrogen-bond donors (Lipinski definition) is 3. The van der Waals surface area contributed by atoms with Crippen molar-refractivity contribution >= 4 is 34.3 Å². The number of fused-ring (bicyclic) bond motifs is 5.